The van der Waals surface area contributed by atoms with E-state index in [-0.39, 0.29) is 18.3 Å². The first kappa shape index (κ1) is 21.1. The van der Waals surface area contributed by atoms with Gasteiger partial charge in [-0.15, -0.1) is 0 Å². The smallest absolute Gasteiger partial charge is 0.410 e. The molecule has 0 radical (unpaired) electrons. The van der Waals surface area contributed by atoms with Gasteiger partial charge in [-0.3, -0.25) is 4.79 Å². The van der Waals surface area contributed by atoms with Crippen molar-refractivity contribution in [2.24, 2.45) is 5.92 Å². The molecule has 1 N–H and O–H groups in total. The maximum atomic E-state index is 12.4. The third kappa shape index (κ3) is 6.45. The van der Waals surface area contributed by atoms with Gasteiger partial charge in [-0.1, -0.05) is 25.5 Å². The van der Waals surface area contributed by atoms with Gasteiger partial charge in [0, 0.05) is 19.0 Å². The lowest BCUT2D eigenvalue weighted by Crippen LogP contribution is -2.35. The Morgan fingerprint density at radius 2 is 2.00 bits per heavy atom. The van der Waals surface area contributed by atoms with Gasteiger partial charge in [-0.25, -0.2) is 4.79 Å². The van der Waals surface area contributed by atoms with Crippen LogP contribution in [0.2, 0.25) is 0 Å². The Bertz CT molecular complexity index is 652. The zero-order valence-corrected chi connectivity index (χ0v) is 16.7. The molecular weight excluding hydrogens is 346 g/mol. The summed E-state index contributed by atoms with van der Waals surface area (Å²) in [7, 11) is 0. The normalized spacial score (nSPS) is 19.8. The zero-order valence-electron chi connectivity index (χ0n) is 16.7. The SMILES string of the molecule is CCCCOc1cccc([C@@H]2CN(C(=O)OC(C)(C)C)C[C@@H]2CC(=O)O)c1. The van der Waals surface area contributed by atoms with E-state index in [4.69, 9.17) is 9.47 Å². The molecule has 0 unspecified atom stereocenters. The number of unbranched alkanes of at least 4 members (excludes halogenated alkanes) is 1. The van der Waals surface area contributed by atoms with Crippen LogP contribution in [0.15, 0.2) is 24.3 Å². The number of carboxylic acids is 1. The van der Waals surface area contributed by atoms with Crippen LogP contribution in [0.3, 0.4) is 0 Å². The molecule has 0 aliphatic carbocycles. The van der Waals surface area contributed by atoms with Gasteiger partial charge in [0.1, 0.15) is 11.4 Å². The molecule has 0 aromatic heterocycles. The predicted octanol–water partition coefficient (Wildman–Crippen LogP) is 4.29. The number of amides is 1. The number of carbonyl (C=O) groups is 2. The number of aliphatic carboxylic acids is 1. The Hall–Kier alpha value is -2.24. The van der Waals surface area contributed by atoms with E-state index in [0.717, 1.165) is 24.2 Å². The van der Waals surface area contributed by atoms with Crippen LogP contribution in [0.4, 0.5) is 4.79 Å². The van der Waals surface area contributed by atoms with Crippen molar-refractivity contribution in [3.8, 4) is 5.75 Å². The first-order chi connectivity index (χ1) is 12.7. The zero-order chi connectivity index (χ0) is 20.0. The van der Waals surface area contributed by atoms with Crippen molar-refractivity contribution in [3.63, 3.8) is 0 Å². The van der Waals surface area contributed by atoms with Crippen LogP contribution in [-0.2, 0) is 9.53 Å². The molecule has 6 nitrogen and oxygen atoms in total. The molecule has 0 saturated carbocycles. The van der Waals surface area contributed by atoms with Gasteiger partial charge in [0.05, 0.1) is 13.0 Å². The van der Waals surface area contributed by atoms with Gasteiger partial charge < -0.3 is 19.5 Å². The summed E-state index contributed by atoms with van der Waals surface area (Å²) in [5.74, 6) is -0.276. The van der Waals surface area contributed by atoms with Crippen molar-refractivity contribution in [2.45, 2.75) is 58.5 Å². The van der Waals surface area contributed by atoms with E-state index >= 15 is 0 Å². The van der Waals surface area contributed by atoms with E-state index in [0.29, 0.717) is 19.7 Å². The summed E-state index contributed by atoms with van der Waals surface area (Å²) in [5, 5.41) is 9.29. The second-order valence-corrected chi connectivity index (χ2v) is 8.12. The highest BCUT2D eigenvalue weighted by Crippen LogP contribution is 2.36. The Balaban J connectivity index is 2.15. The number of hydrogen-bond acceptors (Lipinski definition) is 4. The van der Waals surface area contributed by atoms with Crippen molar-refractivity contribution in [1.29, 1.82) is 0 Å². The Morgan fingerprint density at radius 3 is 2.63 bits per heavy atom. The lowest BCUT2D eigenvalue weighted by molar-refractivity contribution is -0.138. The quantitative estimate of drug-likeness (QED) is 0.717. The number of hydrogen-bond donors (Lipinski definition) is 1. The largest absolute Gasteiger partial charge is 0.494 e. The maximum Gasteiger partial charge on any atom is 0.410 e. The molecule has 1 aliphatic heterocycles. The van der Waals surface area contributed by atoms with E-state index in [9.17, 15) is 14.7 Å². The van der Waals surface area contributed by atoms with Crippen LogP contribution in [0, 0.1) is 5.92 Å². The first-order valence-electron chi connectivity index (χ1n) is 9.62. The number of likely N-dealkylation sites (tertiary alicyclic amines) is 1. The molecule has 1 fully saturated rings. The van der Waals surface area contributed by atoms with Crippen LogP contribution in [0.5, 0.6) is 5.75 Å². The van der Waals surface area contributed by atoms with E-state index in [1.807, 2.05) is 45.0 Å². The summed E-state index contributed by atoms with van der Waals surface area (Å²) in [6.45, 7) is 9.07. The lowest BCUT2D eigenvalue weighted by Gasteiger charge is -2.24. The van der Waals surface area contributed by atoms with Crippen molar-refractivity contribution in [3.05, 3.63) is 29.8 Å². The highest BCUT2D eigenvalue weighted by Gasteiger charge is 2.39. The fraction of sp³-hybridized carbons (Fsp3) is 0.619. The third-order valence-corrected chi connectivity index (χ3v) is 4.58. The van der Waals surface area contributed by atoms with E-state index < -0.39 is 17.7 Å². The van der Waals surface area contributed by atoms with Crippen molar-refractivity contribution >= 4 is 12.1 Å². The second-order valence-electron chi connectivity index (χ2n) is 8.12. The molecule has 1 heterocycles. The van der Waals surface area contributed by atoms with Crippen molar-refractivity contribution < 1.29 is 24.2 Å². The number of carbonyl (C=O) groups excluding carboxylic acids is 1. The molecule has 1 aromatic rings. The van der Waals surface area contributed by atoms with Gasteiger partial charge in [0.2, 0.25) is 0 Å². The Kier molecular flexibility index (Phi) is 7.11. The summed E-state index contributed by atoms with van der Waals surface area (Å²) >= 11 is 0. The average molecular weight is 377 g/mol. The highest BCUT2D eigenvalue weighted by atomic mass is 16.6. The molecule has 0 bridgehead atoms. The van der Waals surface area contributed by atoms with Gasteiger partial charge in [-0.2, -0.15) is 0 Å². The molecule has 1 aliphatic rings. The molecule has 1 saturated heterocycles. The number of ether oxygens (including phenoxy) is 2. The summed E-state index contributed by atoms with van der Waals surface area (Å²) in [4.78, 5) is 25.4. The molecule has 1 amide bonds. The standard InChI is InChI=1S/C21H31NO5/c1-5-6-10-26-17-9-7-8-15(11-17)18-14-22(13-16(18)12-19(23)24)20(25)27-21(2,3)4/h7-9,11,16,18H,5-6,10,12-14H2,1-4H3,(H,23,24)/t16-,18-/m0/s1. The number of carboxylic acid groups (broad SMARTS) is 1. The minimum Gasteiger partial charge on any atom is -0.494 e. The minimum absolute atomic E-state index is 0.0187. The van der Waals surface area contributed by atoms with Gasteiger partial charge in [0.15, 0.2) is 0 Å². The van der Waals surface area contributed by atoms with Crippen LogP contribution in [0.1, 0.15) is 58.4 Å². The molecular formula is C21H31NO5. The molecule has 150 valence electrons. The molecule has 0 spiro atoms. The number of benzene rings is 1. The second kappa shape index (κ2) is 9.11. The monoisotopic (exact) mass is 377 g/mol. The molecule has 2 rings (SSSR count). The number of nitrogens with zero attached hydrogens (tertiary/aromatic N) is 1. The maximum absolute atomic E-state index is 12.4. The van der Waals surface area contributed by atoms with E-state index in [1.165, 1.54) is 0 Å². The van der Waals surface area contributed by atoms with Crippen LogP contribution in [0.25, 0.3) is 0 Å². The molecule has 27 heavy (non-hydrogen) atoms. The van der Waals surface area contributed by atoms with Crippen LogP contribution in [-0.4, -0.2) is 47.4 Å². The summed E-state index contributed by atoms with van der Waals surface area (Å²) in [5.41, 5.74) is 0.422. The van der Waals surface area contributed by atoms with Crippen LogP contribution >= 0.6 is 0 Å². The average Bonchev–Trinajstić information content (AvgIpc) is 2.97. The van der Waals surface area contributed by atoms with Gasteiger partial charge in [0.25, 0.3) is 0 Å². The first-order valence-corrected chi connectivity index (χ1v) is 9.62. The lowest BCUT2D eigenvalue weighted by atomic mass is 9.87. The molecule has 1 aromatic carbocycles. The van der Waals surface area contributed by atoms with Crippen molar-refractivity contribution in [2.75, 3.05) is 19.7 Å². The van der Waals surface area contributed by atoms with Crippen molar-refractivity contribution in [1.82, 2.24) is 4.90 Å². The van der Waals surface area contributed by atoms with Gasteiger partial charge >= 0.3 is 12.1 Å². The number of rotatable bonds is 7. The fourth-order valence-electron chi connectivity index (χ4n) is 3.32. The van der Waals surface area contributed by atoms with Crippen LogP contribution < -0.4 is 4.74 Å². The predicted molar refractivity (Wildman–Crippen MR) is 103 cm³/mol. The van der Waals surface area contributed by atoms with E-state index in [2.05, 4.69) is 6.92 Å². The fourth-order valence-corrected chi connectivity index (χ4v) is 3.32. The Morgan fingerprint density at radius 1 is 1.26 bits per heavy atom. The van der Waals surface area contributed by atoms with Gasteiger partial charge in [-0.05, 0) is 50.8 Å². The highest BCUT2D eigenvalue weighted by molar-refractivity contribution is 5.70. The third-order valence-electron chi connectivity index (χ3n) is 4.58. The minimum atomic E-state index is -0.855. The topological polar surface area (TPSA) is 76.1 Å². The molecule has 2 atom stereocenters. The molecule has 6 heteroatoms. The summed E-state index contributed by atoms with van der Waals surface area (Å²) in [6, 6.07) is 7.77. The summed E-state index contributed by atoms with van der Waals surface area (Å²) < 4.78 is 11.2. The summed E-state index contributed by atoms with van der Waals surface area (Å²) in [6.07, 6.45) is 1.68. The Labute approximate surface area is 161 Å². The van der Waals surface area contributed by atoms with E-state index in [1.54, 1.807) is 4.90 Å².